The van der Waals surface area contributed by atoms with Crippen LogP contribution in [-0.2, 0) is 9.84 Å². The molecule has 0 bridgehead atoms. The van der Waals surface area contributed by atoms with Crippen LogP contribution in [0.1, 0.15) is 18.9 Å². The zero-order chi connectivity index (χ0) is 14.5. The van der Waals surface area contributed by atoms with Gasteiger partial charge in [0.2, 0.25) is 0 Å². The topological polar surface area (TPSA) is 69.4 Å². The van der Waals surface area contributed by atoms with E-state index >= 15 is 0 Å². The molecule has 0 heterocycles. The lowest BCUT2D eigenvalue weighted by molar-refractivity contribution is 0.340. The molecule has 0 fully saturated rings. The van der Waals surface area contributed by atoms with Crippen molar-refractivity contribution in [2.24, 2.45) is 5.73 Å². The van der Waals surface area contributed by atoms with Crippen molar-refractivity contribution in [2.75, 3.05) is 18.1 Å². The summed E-state index contributed by atoms with van der Waals surface area (Å²) in [6.45, 7) is 1.93. The van der Waals surface area contributed by atoms with Crippen LogP contribution in [0.15, 0.2) is 22.7 Å². The lowest BCUT2D eigenvalue weighted by atomic mass is 10.2. The van der Waals surface area contributed by atoms with E-state index in [1.165, 1.54) is 0 Å². The van der Waals surface area contributed by atoms with E-state index < -0.39 is 9.84 Å². The van der Waals surface area contributed by atoms with Gasteiger partial charge in [0.25, 0.3) is 0 Å². The highest BCUT2D eigenvalue weighted by Crippen LogP contribution is 2.23. The van der Waals surface area contributed by atoms with Crippen LogP contribution in [0.2, 0.25) is 0 Å². The van der Waals surface area contributed by atoms with Gasteiger partial charge in [-0.1, -0.05) is 35.1 Å². The van der Waals surface area contributed by atoms with Crippen molar-refractivity contribution in [3.8, 4) is 5.75 Å². The molecule has 0 amide bonds. The smallest absolute Gasteiger partial charge is 0.153 e. The van der Waals surface area contributed by atoms with Gasteiger partial charge in [-0.05, 0) is 24.6 Å². The summed E-state index contributed by atoms with van der Waals surface area (Å²) in [5, 5.41) is 0. The fourth-order valence-electron chi connectivity index (χ4n) is 1.51. The summed E-state index contributed by atoms with van der Waals surface area (Å²) in [5.74, 6) is 0.675. The number of benzene rings is 1. The Kier molecular flexibility index (Phi) is 6.22. The largest absolute Gasteiger partial charge is 0.492 e. The van der Waals surface area contributed by atoms with Crippen LogP contribution < -0.4 is 10.5 Å². The summed E-state index contributed by atoms with van der Waals surface area (Å²) in [6.07, 6.45) is 0.610. The molecule has 0 spiro atoms. The summed E-state index contributed by atoms with van der Waals surface area (Å²) in [4.78, 5) is 0.215. The molecule has 0 unspecified atom stereocenters. The molecule has 19 heavy (non-hydrogen) atoms. The highest BCUT2D eigenvalue weighted by atomic mass is 79.9. The van der Waals surface area contributed by atoms with Gasteiger partial charge in [0.15, 0.2) is 9.84 Å². The average molecular weight is 366 g/mol. The minimum absolute atomic E-state index is 0.00627. The third kappa shape index (κ3) is 5.46. The average Bonchev–Trinajstić information content (AvgIpc) is 2.30. The van der Waals surface area contributed by atoms with Gasteiger partial charge in [0, 0.05) is 4.47 Å². The zero-order valence-corrected chi connectivity index (χ0v) is 13.8. The summed E-state index contributed by atoms with van der Waals surface area (Å²) >= 11 is 8.25. The molecule has 0 saturated heterocycles. The monoisotopic (exact) mass is 365 g/mol. The van der Waals surface area contributed by atoms with Crippen LogP contribution in [0.4, 0.5) is 0 Å². The lowest BCUT2D eigenvalue weighted by Gasteiger charge is -2.11. The number of sulfone groups is 1. The molecule has 1 rings (SSSR count). The minimum atomic E-state index is -3.04. The summed E-state index contributed by atoms with van der Waals surface area (Å²) in [7, 11) is -3.04. The number of ether oxygens (including phenoxy) is 1. The highest BCUT2D eigenvalue weighted by Gasteiger charge is 2.11. The fourth-order valence-corrected chi connectivity index (χ4v) is 3.20. The van der Waals surface area contributed by atoms with E-state index in [0.717, 1.165) is 4.47 Å². The Morgan fingerprint density at radius 3 is 2.68 bits per heavy atom. The number of hydrogen-bond donors (Lipinski definition) is 1. The lowest BCUT2D eigenvalue weighted by Crippen LogP contribution is -2.18. The van der Waals surface area contributed by atoms with Gasteiger partial charge in [-0.2, -0.15) is 0 Å². The Hall–Kier alpha value is -0.660. The maximum absolute atomic E-state index is 11.6. The van der Waals surface area contributed by atoms with Crippen LogP contribution in [0.25, 0.3) is 0 Å². The first-order chi connectivity index (χ1) is 8.85. The highest BCUT2D eigenvalue weighted by molar-refractivity contribution is 9.10. The van der Waals surface area contributed by atoms with Crippen molar-refractivity contribution < 1.29 is 13.2 Å². The second-order valence-electron chi connectivity index (χ2n) is 4.01. The first-order valence-corrected chi connectivity index (χ1v) is 8.80. The molecule has 0 aromatic heterocycles. The molecule has 7 heteroatoms. The molecule has 0 aliphatic carbocycles. The van der Waals surface area contributed by atoms with E-state index in [-0.39, 0.29) is 23.1 Å². The number of hydrogen-bond acceptors (Lipinski definition) is 4. The van der Waals surface area contributed by atoms with E-state index in [1.54, 1.807) is 18.2 Å². The quantitative estimate of drug-likeness (QED) is 0.750. The number of halogens is 1. The summed E-state index contributed by atoms with van der Waals surface area (Å²) in [5.41, 5.74) is 6.20. The van der Waals surface area contributed by atoms with Crippen molar-refractivity contribution in [2.45, 2.75) is 13.3 Å². The molecule has 0 aliphatic heterocycles. The SMILES string of the molecule is CCCS(=O)(=O)CCOc1ccc(Br)cc1C(N)=S. The minimum Gasteiger partial charge on any atom is -0.492 e. The van der Waals surface area contributed by atoms with Crippen LogP contribution in [-0.4, -0.2) is 31.5 Å². The van der Waals surface area contributed by atoms with E-state index in [1.807, 2.05) is 6.92 Å². The first-order valence-electron chi connectivity index (χ1n) is 5.78. The predicted octanol–water partition coefficient (Wildman–Crippen LogP) is 2.29. The standard InChI is InChI=1S/C12H16BrNO3S2/c1-2-6-19(15,16)7-5-17-11-4-3-9(13)8-10(11)12(14)18/h3-4,8H,2,5-7H2,1H3,(H2,14,18). The number of thiocarbonyl (C=S) groups is 1. The molecule has 106 valence electrons. The first kappa shape index (κ1) is 16.4. The van der Waals surface area contributed by atoms with Crippen molar-refractivity contribution in [1.29, 1.82) is 0 Å². The maximum atomic E-state index is 11.6. The predicted molar refractivity (Wildman–Crippen MR) is 84.5 cm³/mol. The molecular formula is C12H16BrNO3S2. The van der Waals surface area contributed by atoms with Gasteiger partial charge >= 0.3 is 0 Å². The molecular weight excluding hydrogens is 350 g/mol. The van der Waals surface area contributed by atoms with Crippen LogP contribution >= 0.6 is 28.1 Å². The molecule has 1 aromatic carbocycles. The van der Waals surface area contributed by atoms with Gasteiger partial charge in [-0.15, -0.1) is 0 Å². The summed E-state index contributed by atoms with van der Waals surface area (Å²) in [6, 6.07) is 5.25. The van der Waals surface area contributed by atoms with Gasteiger partial charge in [0.05, 0.1) is 17.1 Å². The molecule has 0 aliphatic rings. The molecule has 2 N–H and O–H groups in total. The normalized spacial score (nSPS) is 11.3. The van der Waals surface area contributed by atoms with Gasteiger partial charge in [-0.25, -0.2) is 8.42 Å². The molecule has 4 nitrogen and oxygen atoms in total. The van der Waals surface area contributed by atoms with Crippen molar-refractivity contribution in [3.05, 3.63) is 28.2 Å². The number of rotatable bonds is 7. The second-order valence-corrected chi connectivity index (χ2v) is 7.66. The van der Waals surface area contributed by atoms with Crippen molar-refractivity contribution in [3.63, 3.8) is 0 Å². The second kappa shape index (κ2) is 7.21. The van der Waals surface area contributed by atoms with E-state index in [0.29, 0.717) is 17.7 Å². The molecule has 0 atom stereocenters. The fraction of sp³-hybridized carbons (Fsp3) is 0.417. The van der Waals surface area contributed by atoms with E-state index in [9.17, 15) is 8.42 Å². The Balaban J connectivity index is 2.71. The van der Waals surface area contributed by atoms with Gasteiger partial charge in [0.1, 0.15) is 17.3 Å². The van der Waals surface area contributed by atoms with Crippen LogP contribution in [0.5, 0.6) is 5.75 Å². The molecule has 0 saturated carbocycles. The maximum Gasteiger partial charge on any atom is 0.153 e. The summed E-state index contributed by atoms with van der Waals surface area (Å²) < 4.78 is 29.4. The van der Waals surface area contributed by atoms with E-state index in [2.05, 4.69) is 15.9 Å². The molecule has 1 aromatic rings. The van der Waals surface area contributed by atoms with E-state index in [4.69, 9.17) is 22.7 Å². The zero-order valence-electron chi connectivity index (χ0n) is 10.6. The van der Waals surface area contributed by atoms with Gasteiger partial charge < -0.3 is 10.5 Å². The molecule has 0 radical (unpaired) electrons. The Morgan fingerprint density at radius 2 is 2.11 bits per heavy atom. The Bertz CT molecular complexity index is 558. The van der Waals surface area contributed by atoms with Gasteiger partial charge in [-0.3, -0.25) is 0 Å². The van der Waals surface area contributed by atoms with Crippen molar-refractivity contribution >= 4 is 43.0 Å². The van der Waals surface area contributed by atoms with Crippen LogP contribution in [0, 0.1) is 0 Å². The Morgan fingerprint density at radius 1 is 1.42 bits per heavy atom. The third-order valence-electron chi connectivity index (χ3n) is 2.37. The van der Waals surface area contributed by atoms with Crippen LogP contribution in [0.3, 0.4) is 0 Å². The third-order valence-corrected chi connectivity index (χ3v) is 4.91. The Labute approximate surface area is 127 Å². The number of nitrogens with two attached hydrogens (primary N) is 1. The van der Waals surface area contributed by atoms with Crippen molar-refractivity contribution in [1.82, 2.24) is 0 Å².